The number of nitrogens with zero attached hydrogens (tertiary/aromatic N) is 2. The predicted octanol–water partition coefficient (Wildman–Crippen LogP) is 1.32. The van der Waals surface area contributed by atoms with Crippen molar-refractivity contribution in [3.8, 4) is 0 Å². The summed E-state index contributed by atoms with van der Waals surface area (Å²) < 4.78 is 9.79. The first-order chi connectivity index (χ1) is 26.3. The van der Waals surface area contributed by atoms with Crippen molar-refractivity contribution in [2.24, 2.45) is 23.7 Å². The normalized spacial score (nSPS) is 19.3. The number of nitrogens with one attached hydrogen (secondary N) is 4. The maximum atomic E-state index is 13.5. The number of hydrogen-bond donors (Lipinski definition) is 4. The van der Waals surface area contributed by atoms with Crippen LogP contribution in [0.25, 0.3) is 0 Å². The minimum Gasteiger partial charge on any atom is -0.467 e. The van der Waals surface area contributed by atoms with Gasteiger partial charge in [0.25, 0.3) is 0 Å². The Morgan fingerprint density at radius 2 is 0.927 bits per heavy atom. The number of esters is 2. The minimum absolute atomic E-state index is 0.107. The standard InChI is InChI=1S/C41H58N6O8/c1-26(2)36(40(52)54-5)44-38(50)32(18-28-13-9-7-10-14-28)42-34(48)24-46-20-30-17-31(21-46)23-47(22-30)25-35(49)43-33(19-29-15-11-8-12-16-29)39(51)45-37(27(3)4)41(53)55-6/h7-16,26-27,30-33,36-37H,17-25H2,1-6H3,(H,42,48)(H,43,49)(H,44,50)(H,45,51)/t30?,31?,32-,33-,36-,37-/m0/s1. The second-order valence-electron chi connectivity index (χ2n) is 15.5. The van der Waals surface area contributed by atoms with Gasteiger partial charge in [-0.25, -0.2) is 9.59 Å². The van der Waals surface area contributed by atoms with Crippen molar-refractivity contribution in [1.82, 2.24) is 31.1 Å². The van der Waals surface area contributed by atoms with Gasteiger partial charge in [-0.15, -0.1) is 0 Å². The maximum absolute atomic E-state index is 13.5. The van der Waals surface area contributed by atoms with Crippen molar-refractivity contribution in [3.05, 3.63) is 71.8 Å². The Morgan fingerprint density at radius 3 is 1.24 bits per heavy atom. The van der Waals surface area contributed by atoms with Gasteiger partial charge in [0.15, 0.2) is 0 Å². The zero-order valence-corrected chi connectivity index (χ0v) is 32.9. The van der Waals surface area contributed by atoms with E-state index in [2.05, 4.69) is 31.1 Å². The van der Waals surface area contributed by atoms with Gasteiger partial charge >= 0.3 is 11.9 Å². The molecule has 2 fully saturated rings. The van der Waals surface area contributed by atoms with Crippen LogP contribution < -0.4 is 21.3 Å². The molecule has 2 saturated heterocycles. The molecular weight excluding hydrogens is 704 g/mol. The average molecular weight is 763 g/mol. The van der Waals surface area contributed by atoms with Gasteiger partial charge in [-0.1, -0.05) is 88.4 Å². The number of benzene rings is 2. The predicted molar refractivity (Wildman–Crippen MR) is 206 cm³/mol. The molecule has 4 N–H and O–H groups in total. The van der Waals surface area contributed by atoms with Crippen molar-refractivity contribution < 1.29 is 38.2 Å². The van der Waals surface area contributed by atoms with Crippen LogP contribution in [0.15, 0.2) is 60.7 Å². The van der Waals surface area contributed by atoms with Crippen LogP contribution >= 0.6 is 0 Å². The molecule has 55 heavy (non-hydrogen) atoms. The molecule has 300 valence electrons. The van der Waals surface area contributed by atoms with Gasteiger partial charge < -0.3 is 30.7 Å². The number of fused-ring (bicyclic) bond motifs is 2. The molecule has 0 aromatic heterocycles. The SMILES string of the molecule is COC(=O)[C@@H](NC(=O)[C@H](Cc1ccccc1)NC(=O)CN1CC2CC(C1)CN(CC(=O)N[C@@H](Cc1ccccc1)C(=O)N[C@H](C(=O)OC)C(C)C)C2)C(C)C. The van der Waals surface area contributed by atoms with Gasteiger partial charge in [-0.2, -0.15) is 0 Å². The lowest BCUT2D eigenvalue weighted by molar-refractivity contribution is -0.147. The number of amides is 4. The first-order valence-electron chi connectivity index (χ1n) is 19.1. The summed E-state index contributed by atoms with van der Waals surface area (Å²) in [5.41, 5.74) is 1.73. The molecule has 0 radical (unpaired) electrons. The van der Waals surface area contributed by atoms with Crippen LogP contribution in [0.2, 0.25) is 0 Å². The molecule has 0 saturated carbocycles. The van der Waals surface area contributed by atoms with Gasteiger partial charge in [0.1, 0.15) is 24.2 Å². The molecular formula is C41H58N6O8. The van der Waals surface area contributed by atoms with E-state index in [1.807, 2.05) is 88.4 Å². The fourth-order valence-electron chi connectivity index (χ4n) is 7.51. The lowest BCUT2D eigenvalue weighted by Crippen LogP contribution is -2.58. The quantitative estimate of drug-likeness (QED) is 0.162. The highest BCUT2D eigenvalue weighted by molar-refractivity contribution is 5.92. The zero-order chi connectivity index (χ0) is 40.1. The fraction of sp³-hybridized carbons (Fsp3) is 0.561. The summed E-state index contributed by atoms with van der Waals surface area (Å²) in [6, 6.07) is 15.3. The van der Waals surface area contributed by atoms with Gasteiger partial charge in [-0.3, -0.25) is 29.0 Å². The molecule has 2 aromatic rings. The summed E-state index contributed by atoms with van der Waals surface area (Å²) in [5, 5.41) is 11.4. The van der Waals surface area contributed by atoms with Crippen LogP contribution in [0.4, 0.5) is 0 Å². The van der Waals surface area contributed by atoms with Crippen LogP contribution in [-0.2, 0) is 51.1 Å². The van der Waals surface area contributed by atoms with Crippen LogP contribution in [0.3, 0.4) is 0 Å². The number of methoxy groups -OCH3 is 2. The van der Waals surface area contributed by atoms with Crippen molar-refractivity contribution in [2.75, 3.05) is 53.5 Å². The second kappa shape index (κ2) is 20.7. The molecule has 0 aliphatic carbocycles. The molecule has 4 atom stereocenters. The third-order valence-electron chi connectivity index (χ3n) is 10.2. The van der Waals surface area contributed by atoms with E-state index < -0.39 is 47.9 Å². The first kappa shape index (κ1) is 42.9. The molecule has 0 unspecified atom stereocenters. The summed E-state index contributed by atoms with van der Waals surface area (Å²) >= 11 is 0. The zero-order valence-electron chi connectivity index (χ0n) is 32.9. The van der Waals surface area contributed by atoms with Crippen LogP contribution in [0, 0.1) is 23.7 Å². The summed E-state index contributed by atoms with van der Waals surface area (Å²) in [7, 11) is 2.55. The molecule has 4 rings (SSSR count). The number of hydrogen-bond acceptors (Lipinski definition) is 10. The molecule has 14 nitrogen and oxygen atoms in total. The number of piperidine rings is 2. The Hall–Kier alpha value is -4.82. The lowest BCUT2D eigenvalue weighted by Gasteiger charge is -2.45. The summed E-state index contributed by atoms with van der Waals surface area (Å²) in [6.07, 6.45) is 1.48. The Kier molecular flexibility index (Phi) is 16.2. The van der Waals surface area contributed by atoms with Crippen molar-refractivity contribution in [3.63, 3.8) is 0 Å². The minimum atomic E-state index is -0.899. The third kappa shape index (κ3) is 13.2. The van der Waals surface area contributed by atoms with E-state index in [0.29, 0.717) is 26.2 Å². The smallest absolute Gasteiger partial charge is 0.328 e. The Balaban J connectivity index is 1.34. The van der Waals surface area contributed by atoms with E-state index in [4.69, 9.17) is 9.47 Å². The first-order valence-corrected chi connectivity index (χ1v) is 19.1. The number of likely N-dealkylation sites (tertiary alicyclic amines) is 2. The van der Waals surface area contributed by atoms with Crippen molar-refractivity contribution in [1.29, 1.82) is 0 Å². The van der Waals surface area contributed by atoms with E-state index in [1.165, 1.54) is 14.2 Å². The number of rotatable bonds is 18. The van der Waals surface area contributed by atoms with E-state index in [1.54, 1.807) is 0 Å². The highest BCUT2D eigenvalue weighted by Crippen LogP contribution is 2.28. The molecule has 2 heterocycles. The monoisotopic (exact) mass is 762 g/mol. The largest absolute Gasteiger partial charge is 0.467 e. The number of carbonyl (C=O) groups excluding carboxylic acids is 6. The third-order valence-corrected chi connectivity index (χ3v) is 10.2. The highest BCUT2D eigenvalue weighted by atomic mass is 16.5. The van der Waals surface area contributed by atoms with E-state index in [-0.39, 0.29) is 61.4 Å². The summed E-state index contributed by atoms with van der Waals surface area (Å²) in [4.78, 5) is 82.8. The lowest BCUT2D eigenvalue weighted by atomic mass is 9.84. The summed E-state index contributed by atoms with van der Waals surface area (Å²) in [5.74, 6) is -2.59. The Labute approximate surface area is 324 Å². The maximum Gasteiger partial charge on any atom is 0.328 e. The molecule has 2 bridgehead atoms. The van der Waals surface area contributed by atoms with E-state index in [0.717, 1.165) is 17.5 Å². The molecule has 2 aliphatic rings. The fourth-order valence-corrected chi connectivity index (χ4v) is 7.51. The molecule has 4 amide bonds. The van der Waals surface area contributed by atoms with Crippen LogP contribution in [0.1, 0.15) is 45.2 Å². The molecule has 0 spiro atoms. The molecule has 2 aliphatic heterocycles. The van der Waals surface area contributed by atoms with Crippen LogP contribution in [0.5, 0.6) is 0 Å². The Morgan fingerprint density at radius 1 is 0.582 bits per heavy atom. The topological polar surface area (TPSA) is 175 Å². The Bertz CT molecular complexity index is 1480. The molecule has 2 aromatic carbocycles. The second-order valence-corrected chi connectivity index (χ2v) is 15.5. The van der Waals surface area contributed by atoms with Gasteiger partial charge in [-0.05, 0) is 41.2 Å². The van der Waals surface area contributed by atoms with Crippen LogP contribution in [-0.4, -0.2) is 123 Å². The van der Waals surface area contributed by atoms with E-state index >= 15 is 0 Å². The molecule has 14 heteroatoms. The van der Waals surface area contributed by atoms with Gasteiger partial charge in [0.05, 0.1) is 27.3 Å². The summed E-state index contributed by atoms with van der Waals surface area (Å²) in [6.45, 7) is 10.1. The van der Waals surface area contributed by atoms with Gasteiger partial charge in [0, 0.05) is 39.0 Å². The van der Waals surface area contributed by atoms with E-state index in [9.17, 15) is 28.8 Å². The van der Waals surface area contributed by atoms with Crippen molar-refractivity contribution >= 4 is 35.6 Å². The van der Waals surface area contributed by atoms with Crippen molar-refractivity contribution in [2.45, 2.75) is 71.1 Å². The average Bonchev–Trinajstić information content (AvgIpc) is 3.14. The number of ether oxygens (including phenoxy) is 2. The number of carbonyl (C=O) groups is 6. The highest BCUT2D eigenvalue weighted by Gasteiger charge is 2.37. The van der Waals surface area contributed by atoms with Gasteiger partial charge in [0.2, 0.25) is 23.6 Å².